The van der Waals surface area contributed by atoms with Crippen molar-refractivity contribution in [2.24, 2.45) is 5.92 Å². The second kappa shape index (κ2) is 5.37. The molecule has 5 heteroatoms. The summed E-state index contributed by atoms with van der Waals surface area (Å²) in [5.41, 5.74) is 6.23. The van der Waals surface area contributed by atoms with E-state index in [1.165, 1.54) is 19.3 Å². The standard InChI is InChI=1S/C15H22N2O2S/c16-13-8-2-4-10-15(13)20(18,19)17-11-5-7-12-6-1-3-9-14(12)17/h2,4,8,10,12,14H,1,3,5-7,9,11,16H2/t12-,14-/m1/s1. The fraction of sp³-hybridized carbons (Fsp3) is 0.600. The third-order valence-corrected chi connectivity index (χ3v) is 6.70. The van der Waals surface area contributed by atoms with Crippen LogP contribution < -0.4 is 5.73 Å². The van der Waals surface area contributed by atoms with E-state index in [1.54, 1.807) is 28.6 Å². The van der Waals surface area contributed by atoms with Gasteiger partial charge in [0.15, 0.2) is 0 Å². The van der Waals surface area contributed by atoms with Crippen molar-refractivity contribution in [2.75, 3.05) is 12.3 Å². The van der Waals surface area contributed by atoms with E-state index in [2.05, 4.69) is 0 Å². The van der Waals surface area contributed by atoms with E-state index in [0.717, 1.165) is 19.3 Å². The largest absolute Gasteiger partial charge is 0.398 e. The number of fused-ring (bicyclic) bond motifs is 1. The molecule has 1 aliphatic carbocycles. The van der Waals surface area contributed by atoms with Crippen molar-refractivity contribution >= 4 is 15.7 Å². The molecule has 0 unspecified atom stereocenters. The molecule has 1 saturated heterocycles. The summed E-state index contributed by atoms with van der Waals surface area (Å²) in [7, 11) is -3.45. The SMILES string of the molecule is Nc1ccccc1S(=O)(=O)N1CCC[C@H]2CCCC[C@H]21. The average molecular weight is 294 g/mol. The number of nitrogen functional groups attached to an aromatic ring is 1. The second-order valence-corrected chi connectivity index (χ2v) is 7.77. The number of nitrogens with zero attached hydrogens (tertiary/aromatic N) is 1. The smallest absolute Gasteiger partial charge is 0.245 e. The van der Waals surface area contributed by atoms with Crippen molar-refractivity contribution in [3.05, 3.63) is 24.3 Å². The number of anilines is 1. The number of para-hydroxylation sites is 1. The van der Waals surface area contributed by atoms with Gasteiger partial charge < -0.3 is 5.73 Å². The first-order chi connectivity index (χ1) is 9.60. The third-order valence-electron chi connectivity index (χ3n) is 4.70. The van der Waals surface area contributed by atoms with Crippen LogP contribution in [-0.4, -0.2) is 25.3 Å². The number of sulfonamides is 1. The topological polar surface area (TPSA) is 63.4 Å². The first kappa shape index (κ1) is 13.9. The van der Waals surface area contributed by atoms with Gasteiger partial charge in [0.05, 0.1) is 5.69 Å². The number of hydrogen-bond acceptors (Lipinski definition) is 3. The van der Waals surface area contributed by atoms with Crippen LogP contribution in [0.25, 0.3) is 0 Å². The van der Waals surface area contributed by atoms with Crippen LogP contribution in [0, 0.1) is 5.92 Å². The highest BCUT2D eigenvalue weighted by atomic mass is 32.2. The number of benzene rings is 1. The predicted octanol–water partition coefficient (Wildman–Crippen LogP) is 2.61. The molecule has 1 saturated carbocycles. The van der Waals surface area contributed by atoms with Crippen LogP contribution in [0.1, 0.15) is 38.5 Å². The molecule has 1 aliphatic heterocycles. The van der Waals surface area contributed by atoms with E-state index in [1.807, 2.05) is 0 Å². The minimum atomic E-state index is -3.45. The maximum absolute atomic E-state index is 12.9. The second-order valence-electron chi connectivity index (χ2n) is 5.91. The Labute approximate surface area is 121 Å². The quantitative estimate of drug-likeness (QED) is 0.853. The molecule has 2 atom stereocenters. The Kier molecular flexibility index (Phi) is 3.73. The fourth-order valence-corrected chi connectivity index (χ4v) is 5.59. The van der Waals surface area contributed by atoms with Crippen LogP contribution in [0.2, 0.25) is 0 Å². The number of nitrogens with two attached hydrogens (primary N) is 1. The van der Waals surface area contributed by atoms with Crippen LogP contribution >= 0.6 is 0 Å². The third kappa shape index (κ3) is 2.33. The molecule has 2 fully saturated rings. The average Bonchev–Trinajstić information content (AvgIpc) is 2.47. The molecule has 1 aromatic rings. The molecule has 0 spiro atoms. The lowest BCUT2D eigenvalue weighted by Crippen LogP contribution is -2.49. The monoisotopic (exact) mass is 294 g/mol. The van der Waals surface area contributed by atoms with Crippen LogP contribution in [0.3, 0.4) is 0 Å². The van der Waals surface area contributed by atoms with Gasteiger partial charge in [0.2, 0.25) is 10.0 Å². The lowest BCUT2D eigenvalue weighted by Gasteiger charge is -2.43. The summed E-state index contributed by atoms with van der Waals surface area (Å²) in [4.78, 5) is 0.270. The minimum Gasteiger partial charge on any atom is -0.398 e. The number of piperidine rings is 1. The van der Waals surface area contributed by atoms with Gasteiger partial charge in [-0.1, -0.05) is 25.0 Å². The number of rotatable bonds is 2. The van der Waals surface area contributed by atoms with Crippen molar-refractivity contribution in [3.63, 3.8) is 0 Å². The Morgan fingerprint density at radius 1 is 1.05 bits per heavy atom. The molecule has 3 rings (SSSR count). The zero-order valence-electron chi connectivity index (χ0n) is 11.7. The highest BCUT2D eigenvalue weighted by molar-refractivity contribution is 7.89. The summed E-state index contributed by atoms with van der Waals surface area (Å²) in [6, 6.07) is 6.98. The van der Waals surface area contributed by atoms with Crippen molar-refractivity contribution in [2.45, 2.75) is 49.5 Å². The molecule has 20 heavy (non-hydrogen) atoms. The first-order valence-corrected chi connectivity index (χ1v) is 8.91. The molecule has 1 aromatic carbocycles. The maximum atomic E-state index is 12.9. The Balaban J connectivity index is 1.96. The Morgan fingerprint density at radius 3 is 2.55 bits per heavy atom. The summed E-state index contributed by atoms with van der Waals surface area (Å²) in [5, 5.41) is 0. The van der Waals surface area contributed by atoms with Gasteiger partial charge in [-0.15, -0.1) is 0 Å². The normalized spacial score (nSPS) is 28.0. The highest BCUT2D eigenvalue weighted by Crippen LogP contribution is 2.38. The first-order valence-electron chi connectivity index (χ1n) is 7.47. The van der Waals surface area contributed by atoms with Crippen LogP contribution in [0.4, 0.5) is 5.69 Å². The van der Waals surface area contributed by atoms with Crippen molar-refractivity contribution in [1.82, 2.24) is 4.31 Å². The van der Waals surface area contributed by atoms with Crippen molar-refractivity contribution in [1.29, 1.82) is 0 Å². The lowest BCUT2D eigenvalue weighted by molar-refractivity contribution is 0.129. The van der Waals surface area contributed by atoms with Gasteiger partial charge in [0, 0.05) is 12.6 Å². The molecular formula is C15H22N2O2S. The molecule has 1 heterocycles. The van der Waals surface area contributed by atoms with Gasteiger partial charge in [-0.3, -0.25) is 0 Å². The number of hydrogen-bond donors (Lipinski definition) is 1. The molecule has 4 nitrogen and oxygen atoms in total. The molecule has 0 amide bonds. The molecule has 0 aromatic heterocycles. The summed E-state index contributed by atoms with van der Waals surface area (Å²) in [5.74, 6) is 0.539. The predicted molar refractivity (Wildman–Crippen MR) is 79.7 cm³/mol. The molecule has 0 radical (unpaired) electrons. The lowest BCUT2D eigenvalue weighted by atomic mass is 9.79. The van der Waals surface area contributed by atoms with E-state index in [0.29, 0.717) is 18.2 Å². The van der Waals surface area contributed by atoms with E-state index in [4.69, 9.17) is 5.73 Å². The summed E-state index contributed by atoms with van der Waals surface area (Å²) in [6.07, 6.45) is 6.67. The van der Waals surface area contributed by atoms with E-state index >= 15 is 0 Å². The highest BCUT2D eigenvalue weighted by Gasteiger charge is 2.40. The Hall–Kier alpha value is -1.07. The summed E-state index contributed by atoms with van der Waals surface area (Å²) >= 11 is 0. The van der Waals surface area contributed by atoms with Gasteiger partial charge in [-0.25, -0.2) is 8.42 Å². The van der Waals surface area contributed by atoms with Crippen molar-refractivity contribution in [3.8, 4) is 0 Å². The van der Waals surface area contributed by atoms with Crippen LogP contribution in [0.15, 0.2) is 29.2 Å². The van der Waals surface area contributed by atoms with Gasteiger partial charge in [0.1, 0.15) is 4.90 Å². The molecule has 110 valence electrons. The van der Waals surface area contributed by atoms with E-state index in [9.17, 15) is 8.42 Å². The van der Waals surface area contributed by atoms with E-state index < -0.39 is 10.0 Å². The minimum absolute atomic E-state index is 0.183. The summed E-state index contributed by atoms with van der Waals surface area (Å²) < 4.78 is 27.5. The van der Waals surface area contributed by atoms with Gasteiger partial charge in [0.25, 0.3) is 0 Å². The zero-order valence-corrected chi connectivity index (χ0v) is 12.5. The van der Waals surface area contributed by atoms with Crippen LogP contribution in [-0.2, 0) is 10.0 Å². The van der Waals surface area contributed by atoms with E-state index in [-0.39, 0.29) is 10.9 Å². The fourth-order valence-electron chi connectivity index (χ4n) is 3.72. The molecule has 0 bridgehead atoms. The zero-order chi connectivity index (χ0) is 14.2. The van der Waals surface area contributed by atoms with Gasteiger partial charge in [-0.2, -0.15) is 4.31 Å². The molecular weight excluding hydrogens is 272 g/mol. The van der Waals surface area contributed by atoms with Crippen molar-refractivity contribution < 1.29 is 8.42 Å². The Morgan fingerprint density at radius 2 is 1.75 bits per heavy atom. The molecule has 2 aliphatic rings. The Bertz CT molecular complexity index is 583. The van der Waals surface area contributed by atoms with Crippen LogP contribution in [0.5, 0.6) is 0 Å². The maximum Gasteiger partial charge on any atom is 0.245 e. The summed E-state index contributed by atoms with van der Waals surface area (Å²) in [6.45, 7) is 0.637. The molecule has 2 N–H and O–H groups in total. The van der Waals surface area contributed by atoms with Gasteiger partial charge in [-0.05, 0) is 43.7 Å². The van der Waals surface area contributed by atoms with Gasteiger partial charge >= 0.3 is 0 Å².